The zero-order valence-corrected chi connectivity index (χ0v) is 21.8. The molecule has 3 aromatic rings. The Morgan fingerprint density at radius 1 is 1.11 bits per heavy atom. The SMILES string of the molecule is C=C(Nc1ccc(CCC(=N)/C=C(/C)CC)c2ccccc12)c1cc(F)cc(N2CCC(C)CC2)c1. The predicted molar refractivity (Wildman–Crippen MR) is 154 cm³/mol. The summed E-state index contributed by atoms with van der Waals surface area (Å²) in [6, 6.07) is 17.8. The van der Waals surface area contributed by atoms with E-state index in [0.29, 0.717) is 17.8 Å². The van der Waals surface area contributed by atoms with Gasteiger partial charge >= 0.3 is 0 Å². The third kappa shape index (κ3) is 6.23. The highest BCUT2D eigenvalue weighted by Gasteiger charge is 2.18. The van der Waals surface area contributed by atoms with Crippen molar-refractivity contribution in [3.8, 4) is 0 Å². The Labute approximate surface area is 215 Å². The van der Waals surface area contributed by atoms with Gasteiger partial charge in [-0.2, -0.15) is 0 Å². The van der Waals surface area contributed by atoms with Gasteiger partial charge in [-0.05, 0) is 86.2 Å². The van der Waals surface area contributed by atoms with Crippen molar-refractivity contribution in [3.63, 3.8) is 0 Å². The van der Waals surface area contributed by atoms with Crippen molar-refractivity contribution in [3.05, 3.63) is 89.8 Å². The molecule has 3 aromatic carbocycles. The maximum Gasteiger partial charge on any atom is 0.125 e. The van der Waals surface area contributed by atoms with Crippen LogP contribution < -0.4 is 10.2 Å². The van der Waals surface area contributed by atoms with Crippen LogP contribution in [0.15, 0.2) is 72.8 Å². The molecule has 0 amide bonds. The van der Waals surface area contributed by atoms with E-state index in [-0.39, 0.29) is 5.82 Å². The first kappa shape index (κ1) is 25.7. The van der Waals surface area contributed by atoms with Gasteiger partial charge in [0.05, 0.1) is 0 Å². The molecule has 36 heavy (non-hydrogen) atoms. The number of aryl methyl sites for hydroxylation is 1. The first-order valence-electron chi connectivity index (χ1n) is 13.1. The molecule has 188 valence electrons. The summed E-state index contributed by atoms with van der Waals surface area (Å²) in [5.41, 5.74) is 6.45. The van der Waals surface area contributed by atoms with Crippen molar-refractivity contribution in [2.24, 2.45) is 5.92 Å². The minimum atomic E-state index is -0.237. The smallest absolute Gasteiger partial charge is 0.125 e. The average Bonchev–Trinajstić information content (AvgIpc) is 2.88. The summed E-state index contributed by atoms with van der Waals surface area (Å²) in [6.45, 7) is 12.6. The van der Waals surface area contributed by atoms with Crippen LogP contribution in [0.3, 0.4) is 0 Å². The summed E-state index contributed by atoms with van der Waals surface area (Å²) in [7, 11) is 0. The highest BCUT2D eigenvalue weighted by atomic mass is 19.1. The number of hydrogen-bond donors (Lipinski definition) is 2. The van der Waals surface area contributed by atoms with Crippen molar-refractivity contribution >= 4 is 33.6 Å². The standard InChI is InChI=1S/C32H38FN3/c1-5-22(2)18-28(34)12-10-25-11-13-32(31-9-7-6-8-30(25)31)35-24(4)26-19-27(33)21-29(20-26)36-16-14-23(3)15-17-36/h6-9,11,13,18-21,23,34-35H,4-5,10,12,14-17H2,1-3H3/b22-18-,34-28?. The maximum atomic E-state index is 14.6. The number of nitrogens with zero attached hydrogens (tertiary/aromatic N) is 1. The van der Waals surface area contributed by atoms with Crippen LogP contribution in [0.25, 0.3) is 16.5 Å². The lowest BCUT2D eigenvalue weighted by Gasteiger charge is -2.32. The second kappa shape index (κ2) is 11.6. The monoisotopic (exact) mass is 483 g/mol. The third-order valence-electron chi connectivity index (χ3n) is 7.32. The van der Waals surface area contributed by atoms with Gasteiger partial charge < -0.3 is 15.6 Å². The molecule has 1 aliphatic heterocycles. The van der Waals surface area contributed by atoms with E-state index >= 15 is 0 Å². The number of hydrogen-bond acceptors (Lipinski definition) is 3. The zero-order valence-electron chi connectivity index (χ0n) is 21.8. The average molecular weight is 484 g/mol. The van der Waals surface area contributed by atoms with Gasteiger partial charge in [0.25, 0.3) is 0 Å². The summed E-state index contributed by atoms with van der Waals surface area (Å²) in [6.07, 6.45) is 6.76. The van der Waals surface area contributed by atoms with Crippen LogP contribution in [0.1, 0.15) is 57.6 Å². The summed E-state index contributed by atoms with van der Waals surface area (Å²) in [5, 5.41) is 14.0. The Morgan fingerprint density at radius 3 is 2.56 bits per heavy atom. The number of anilines is 2. The van der Waals surface area contributed by atoms with Crippen molar-refractivity contribution in [1.29, 1.82) is 5.41 Å². The number of fused-ring (bicyclic) bond motifs is 1. The number of allylic oxidation sites excluding steroid dienone is 2. The van der Waals surface area contributed by atoms with Crippen molar-refractivity contribution in [1.82, 2.24) is 0 Å². The quantitative estimate of drug-likeness (QED) is 0.299. The Hall–Kier alpha value is -3.40. The summed E-state index contributed by atoms with van der Waals surface area (Å²) in [5.74, 6) is 0.490. The molecule has 0 spiro atoms. The normalized spacial score (nSPS) is 14.8. The predicted octanol–water partition coefficient (Wildman–Crippen LogP) is 8.61. The lowest BCUT2D eigenvalue weighted by molar-refractivity contribution is 0.438. The molecule has 4 heteroatoms. The molecule has 1 heterocycles. The Balaban J connectivity index is 1.54. The van der Waals surface area contributed by atoms with Crippen molar-refractivity contribution in [2.45, 2.75) is 52.9 Å². The fourth-order valence-corrected chi connectivity index (χ4v) is 4.86. The van der Waals surface area contributed by atoms with Crippen molar-refractivity contribution in [2.75, 3.05) is 23.3 Å². The first-order chi connectivity index (χ1) is 17.3. The van der Waals surface area contributed by atoms with Crippen LogP contribution in [-0.2, 0) is 6.42 Å². The van der Waals surface area contributed by atoms with Gasteiger partial charge in [-0.15, -0.1) is 0 Å². The number of rotatable bonds is 9. The molecular formula is C32H38FN3. The largest absolute Gasteiger partial charge is 0.371 e. The highest BCUT2D eigenvalue weighted by molar-refractivity contribution is 5.99. The lowest BCUT2D eigenvalue weighted by atomic mass is 9.97. The zero-order chi connectivity index (χ0) is 25.7. The van der Waals surface area contributed by atoms with Crippen LogP contribution in [0.4, 0.5) is 15.8 Å². The fourth-order valence-electron chi connectivity index (χ4n) is 4.86. The van der Waals surface area contributed by atoms with E-state index in [2.05, 4.69) is 67.9 Å². The molecule has 0 aliphatic carbocycles. The molecule has 1 saturated heterocycles. The van der Waals surface area contributed by atoms with Gasteiger partial charge in [0.1, 0.15) is 5.82 Å². The number of benzene rings is 3. The molecule has 0 radical (unpaired) electrons. The van der Waals surface area contributed by atoms with Gasteiger partial charge in [-0.1, -0.05) is 56.3 Å². The fraction of sp³-hybridized carbons (Fsp3) is 0.344. The van der Waals surface area contributed by atoms with E-state index in [1.54, 1.807) is 12.1 Å². The van der Waals surface area contributed by atoms with Crippen LogP contribution in [0.2, 0.25) is 0 Å². The van der Waals surface area contributed by atoms with Crippen LogP contribution >= 0.6 is 0 Å². The first-order valence-corrected chi connectivity index (χ1v) is 13.1. The molecule has 1 fully saturated rings. The lowest BCUT2D eigenvalue weighted by Crippen LogP contribution is -2.32. The van der Waals surface area contributed by atoms with Gasteiger partial charge in [0, 0.05) is 46.8 Å². The molecular weight excluding hydrogens is 445 g/mol. The van der Waals surface area contributed by atoms with Crippen LogP contribution in [0, 0.1) is 17.1 Å². The third-order valence-corrected chi connectivity index (χ3v) is 7.32. The van der Waals surface area contributed by atoms with E-state index in [9.17, 15) is 4.39 Å². The second-order valence-electron chi connectivity index (χ2n) is 10.2. The van der Waals surface area contributed by atoms with E-state index < -0.39 is 0 Å². The molecule has 2 N–H and O–H groups in total. The number of nitrogens with one attached hydrogen (secondary N) is 2. The Bertz CT molecular complexity index is 1280. The van der Waals surface area contributed by atoms with E-state index in [1.807, 2.05) is 18.2 Å². The van der Waals surface area contributed by atoms with E-state index in [4.69, 9.17) is 5.41 Å². The molecule has 0 atom stereocenters. The van der Waals surface area contributed by atoms with E-state index in [1.165, 1.54) is 16.5 Å². The van der Waals surface area contributed by atoms with Gasteiger partial charge in [0.2, 0.25) is 0 Å². The Morgan fingerprint density at radius 2 is 1.83 bits per heavy atom. The van der Waals surface area contributed by atoms with Crippen LogP contribution in [-0.4, -0.2) is 18.8 Å². The minimum Gasteiger partial charge on any atom is -0.371 e. The number of halogens is 1. The van der Waals surface area contributed by atoms with Crippen LogP contribution in [0.5, 0.6) is 0 Å². The van der Waals surface area contributed by atoms with E-state index in [0.717, 1.165) is 67.0 Å². The highest BCUT2D eigenvalue weighted by Crippen LogP contribution is 2.32. The van der Waals surface area contributed by atoms with Gasteiger partial charge in [-0.25, -0.2) is 4.39 Å². The summed E-state index contributed by atoms with van der Waals surface area (Å²) < 4.78 is 14.6. The molecule has 0 aromatic heterocycles. The van der Waals surface area contributed by atoms with Gasteiger partial charge in [-0.3, -0.25) is 0 Å². The second-order valence-corrected chi connectivity index (χ2v) is 10.2. The molecule has 4 rings (SSSR count). The molecule has 3 nitrogen and oxygen atoms in total. The minimum absolute atomic E-state index is 0.237. The Kier molecular flexibility index (Phi) is 8.25. The molecule has 0 saturated carbocycles. The molecule has 0 bridgehead atoms. The summed E-state index contributed by atoms with van der Waals surface area (Å²) in [4.78, 5) is 2.28. The summed E-state index contributed by atoms with van der Waals surface area (Å²) >= 11 is 0. The number of piperidine rings is 1. The molecule has 0 unspecified atom stereocenters. The topological polar surface area (TPSA) is 39.1 Å². The van der Waals surface area contributed by atoms with Crippen molar-refractivity contribution < 1.29 is 4.39 Å². The maximum absolute atomic E-state index is 14.6. The molecule has 1 aliphatic rings. The van der Waals surface area contributed by atoms with Gasteiger partial charge in [0.15, 0.2) is 0 Å².